The van der Waals surface area contributed by atoms with E-state index in [2.05, 4.69) is 16.1 Å². The number of hydrogen-bond acceptors (Lipinski definition) is 6. The highest BCUT2D eigenvalue weighted by molar-refractivity contribution is 7.86. The summed E-state index contributed by atoms with van der Waals surface area (Å²) in [6, 6.07) is 0. The van der Waals surface area contributed by atoms with Crippen molar-refractivity contribution in [3.8, 4) is 0 Å². The normalized spacial score (nSPS) is 15.2. The predicted octanol–water partition coefficient (Wildman–Crippen LogP) is 0.998. The summed E-state index contributed by atoms with van der Waals surface area (Å²) in [5.74, 6) is -8.62. The molecule has 0 spiro atoms. The Balaban J connectivity index is 5.96. The van der Waals surface area contributed by atoms with Gasteiger partial charge in [-0.15, -0.1) is 0 Å². The Bertz CT molecular complexity index is 619. The van der Waals surface area contributed by atoms with Gasteiger partial charge < -0.3 is 14.8 Å². The molecule has 0 saturated carbocycles. The number of rotatable bonds is 9. The van der Waals surface area contributed by atoms with Crippen molar-refractivity contribution in [2.24, 2.45) is 0 Å². The predicted molar refractivity (Wildman–Crippen MR) is 70.8 cm³/mol. The maximum atomic E-state index is 13.3. The molecule has 0 heterocycles. The van der Waals surface area contributed by atoms with Crippen molar-refractivity contribution in [2.45, 2.75) is 30.6 Å². The van der Waals surface area contributed by atoms with Crippen LogP contribution in [0.3, 0.4) is 0 Å². The number of ether oxygens (including phenoxy) is 2. The van der Waals surface area contributed by atoms with Gasteiger partial charge in [0.2, 0.25) is 0 Å². The highest BCUT2D eigenvalue weighted by Gasteiger charge is 2.67. The van der Waals surface area contributed by atoms with Crippen molar-refractivity contribution < 1.29 is 54.0 Å². The molecule has 0 aromatic rings. The van der Waals surface area contributed by atoms with Crippen LogP contribution in [0.2, 0.25) is 0 Å². The molecule has 0 aliphatic carbocycles. The van der Waals surface area contributed by atoms with Gasteiger partial charge in [-0.3, -0.25) is 9.35 Å². The summed E-state index contributed by atoms with van der Waals surface area (Å²) in [7, 11) is -6.16. The van der Waals surface area contributed by atoms with Gasteiger partial charge in [0.15, 0.2) is 0 Å². The van der Waals surface area contributed by atoms with E-state index in [1.165, 1.54) is 6.92 Å². The highest BCUT2D eigenvalue weighted by atomic mass is 32.2. The molecule has 14 heteroatoms. The zero-order valence-corrected chi connectivity index (χ0v) is 13.4. The Kier molecular flexibility index (Phi) is 7.47. The summed E-state index contributed by atoms with van der Waals surface area (Å²) < 4.78 is 103. The number of hydrogen-bond donors (Lipinski definition) is 2. The fraction of sp³-hybridized carbons (Fsp3) is 0.636. The first-order valence-electron chi connectivity index (χ1n) is 6.34. The lowest BCUT2D eigenvalue weighted by atomic mass is 10.2. The van der Waals surface area contributed by atoms with Crippen molar-refractivity contribution in [3.63, 3.8) is 0 Å². The Labute approximate surface area is 138 Å². The second-order valence-corrected chi connectivity index (χ2v) is 5.94. The van der Waals surface area contributed by atoms with Gasteiger partial charge in [0.25, 0.3) is 0 Å². The van der Waals surface area contributed by atoms with E-state index in [9.17, 15) is 40.0 Å². The van der Waals surface area contributed by atoms with Crippen LogP contribution in [0.15, 0.2) is 12.7 Å². The van der Waals surface area contributed by atoms with Crippen LogP contribution >= 0.6 is 0 Å². The van der Waals surface area contributed by atoms with Gasteiger partial charge in [0.1, 0.15) is 6.61 Å². The van der Waals surface area contributed by atoms with Crippen LogP contribution in [0.25, 0.3) is 0 Å². The summed E-state index contributed by atoms with van der Waals surface area (Å²) in [5.41, 5.74) is 0. The van der Waals surface area contributed by atoms with E-state index >= 15 is 0 Å². The molecule has 1 amide bonds. The van der Waals surface area contributed by atoms with Gasteiger partial charge in [-0.25, -0.2) is 4.79 Å². The van der Waals surface area contributed by atoms with E-state index < -0.39 is 45.8 Å². The minimum Gasteiger partial charge on any atom is -0.412 e. The lowest BCUT2D eigenvalue weighted by molar-refractivity contribution is -0.352. The van der Waals surface area contributed by atoms with Crippen molar-refractivity contribution >= 4 is 22.0 Å². The number of carbonyl (C=O) groups is 2. The maximum absolute atomic E-state index is 13.3. The molecule has 1 atom stereocenters. The van der Waals surface area contributed by atoms with Gasteiger partial charge in [-0.1, -0.05) is 13.5 Å². The first kappa shape index (κ1) is 23.2. The molecule has 8 nitrogen and oxygen atoms in total. The summed E-state index contributed by atoms with van der Waals surface area (Å²) in [5, 5.41) is -3.58. The van der Waals surface area contributed by atoms with Crippen LogP contribution in [0.5, 0.6) is 0 Å². The molecule has 0 radical (unpaired) electrons. The number of alkyl halides is 5. The maximum Gasteiger partial charge on any atom is 0.466 e. The fourth-order valence-corrected chi connectivity index (χ4v) is 1.42. The number of nitrogens with one attached hydrogen (secondary N) is 1. The van der Waals surface area contributed by atoms with Crippen LogP contribution in [0.1, 0.15) is 13.3 Å². The largest absolute Gasteiger partial charge is 0.466 e. The van der Waals surface area contributed by atoms with Crippen molar-refractivity contribution in [1.82, 2.24) is 5.32 Å². The first-order chi connectivity index (χ1) is 11.1. The standard InChI is InChI=1S/C11H14F5NO7S/c1-3-5-17-8(19)10(11(14,15)16,24-7(18)4-2)23-6-9(12,13)25(20,21)22/h4H,2-3,5-6H2,1H3,(H,17,19)(H,20,21,22). The molecular formula is C11H14F5NO7S. The fourth-order valence-electron chi connectivity index (χ4n) is 1.21. The van der Waals surface area contributed by atoms with Crippen LogP contribution in [-0.2, 0) is 29.2 Å². The van der Waals surface area contributed by atoms with Gasteiger partial charge in [-0.2, -0.15) is 30.4 Å². The Morgan fingerprint density at radius 2 is 1.76 bits per heavy atom. The molecule has 146 valence electrons. The first-order valence-corrected chi connectivity index (χ1v) is 7.78. The van der Waals surface area contributed by atoms with E-state index in [0.29, 0.717) is 0 Å². The molecule has 0 bridgehead atoms. The van der Waals surface area contributed by atoms with Crippen molar-refractivity contribution in [2.75, 3.05) is 13.2 Å². The Hall–Kier alpha value is -1.80. The summed E-state index contributed by atoms with van der Waals surface area (Å²) in [6.07, 6.45) is -5.56. The second-order valence-electron chi connectivity index (χ2n) is 4.40. The average Bonchev–Trinajstić information content (AvgIpc) is 2.46. The SMILES string of the molecule is C=CC(=O)OC(OCC(F)(F)S(=O)(=O)O)(C(=O)NCCC)C(F)(F)F. The summed E-state index contributed by atoms with van der Waals surface area (Å²) >= 11 is 0. The highest BCUT2D eigenvalue weighted by Crippen LogP contribution is 2.37. The van der Waals surface area contributed by atoms with Crippen LogP contribution in [-0.4, -0.2) is 55.2 Å². The zero-order chi connectivity index (χ0) is 20.1. The molecule has 0 rings (SSSR count). The van der Waals surface area contributed by atoms with E-state index in [-0.39, 0.29) is 19.0 Å². The van der Waals surface area contributed by atoms with Crippen LogP contribution in [0, 0.1) is 0 Å². The molecule has 2 N–H and O–H groups in total. The molecule has 0 aliphatic heterocycles. The molecule has 0 aromatic carbocycles. The topological polar surface area (TPSA) is 119 Å². The van der Waals surface area contributed by atoms with E-state index in [1.807, 2.05) is 0 Å². The molecule has 0 aliphatic rings. The van der Waals surface area contributed by atoms with E-state index in [4.69, 9.17) is 4.55 Å². The molecule has 1 unspecified atom stereocenters. The average molecular weight is 399 g/mol. The Morgan fingerprint density at radius 3 is 2.12 bits per heavy atom. The van der Waals surface area contributed by atoms with Crippen LogP contribution < -0.4 is 5.32 Å². The van der Waals surface area contributed by atoms with E-state index in [0.717, 1.165) is 0 Å². The van der Waals surface area contributed by atoms with Gasteiger partial charge >= 0.3 is 39.2 Å². The number of esters is 1. The van der Waals surface area contributed by atoms with Crippen LogP contribution in [0.4, 0.5) is 22.0 Å². The second kappa shape index (κ2) is 8.05. The van der Waals surface area contributed by atoms with Gasteiger partial charge in [0, 0.05) is 12.6 Å². The van der Waals surface area contributed by atoms with Crippen molar-refractivity contribution in [3.05, 3.63) is 12.7 Å². The summed E-state index contributed by atoms with van der Waals surface area (Å²) in [6.45, 7) is 1.22. The molecule has 0 fully saturated rings. The molecule has 25 heavy (non-hydrogen) atoms. The van der Waals surface area contributed by atoms with Gasteiger partial charge in [-0.05, 0) is 6.42 Å². The lowest BCUT2D eigenvalue weighted by Crippen LogP contribution is -2.62. The van der Waals surface area contributed by atoms with Crippen molar-refractivity contribution in [1.29, 1.82) is 0 Å². The Morgan fingerprint density at radius 1 is 1.24 bits per heavy atom. The third kappa shape index (κ3) is 5.61. The molecular weight excluding hydrogens is 385 g/mol. The van der Waals surface area contributed by atoms with Gasteiger partial charge in [0.05, 0.1) is 0 Å². The summed E-state index contributed by atoms with van der Waals surface area (Å²) in [4.78, 5) is 22.9. The minimum atomic E-state index is -6.16. The number of halogens is 5. The zero-order valence-electron chi connectivity index (χ0n) is 12.6. The quantitative estimate of drug-likeness (QED) is 0.195. The number of carbonyl (C=O) groups excluding carboxylic acids is 2. The third-order valence-corrected chi connectivity index (χ3v) is 3.31. The monoisotopic (exact) mass is 399 g/mol. The smallest absolute Gasteiger partial charge is 0.412 e. The third-order valence-electron chi connectivity index (χ3n) is 2.44. The number of amides is 1. The lowest BCUT2D eigenvalue weighted by Gasteiger charge is -2.33. The van der Waals surface area contributed by atoms with E-state index in [1.54, 1.807) is 5.32 Å². The molecule has 0 aromatic heterocycles. The molecule has 0 saturated heterocycles. The minimum absolute atomic E-state index is 0.121.